The highest BCUT2D eigenvalue weighted by Gasteiger charge is 2.15. The molecule has 0 aliphatic heterocycles. The fourth-order valence-electron chi connectivity index (χ4n) is 1.78. The molecule has 1 aromatic carbocycles. The molecule has 1 rings (SSSR count). The molecule has 6 nitrogen and oxygen atoms in total. The SMILES string of the molecule is CCN(CC(C)C)C(=O)Nc1ccc(O)c(C(=O)O)c1. The predicted octanol–water partition coefficient (Wildman–Crippen LogP) is 2.60. The zero-order valence-corrected chi connectivity index (χ0v) is 11.9. The summed E-state index contributed by atoms with van der Waals surface area (Å²) in [5, 5.41) is 21.0. The van der Waals surface area contributed by atoms with E-state index >= 15 is 0 Å². The Kier molecular flexibility index (Phi) is 5.37. The molecule has 20 heavy (non-hydrogen) atoms. The number of anilines is 1. The Morgan fingerprint density at radius 2 is 2.00 bits per heavy atom. The average Bonchev–Trinajstić information content (AvgIpc) is 2.37. The first kappa shape index (κ1) is 15.8. The van der Waals surface area contributed by atoms with Gasteiger partial charge in [-0.2, -0.15) is 0 Å². The van der Waals surface area contributed by atoms with Crippen LogP contribution in [0.2, 0.25) is 0 Å². The molecule has 0 heterocycles. The first-order chi connectivity index (χ1) is 9.35. The molecule has 0 bridgehead atoms. The summed E-state index contributed by atoms with van der Waals surface area (Å²) >= 11 is 0. The van der Waals surface area contributed by atoms with Crippen LogP contribution in [0.4, 0.5) is 10.5 Å². The molecular formula is C14H20N2O4. The van der Waals surface area contributed by atoms with Crippen LogP contribution in [0.1, 0.15) is 31.1 Å². The van der Waals surface area contributed by atoms with Gasteiger partial charge in [0.25, 0.3) is 0 Å². The smallest absolute Gasteiger partial charge is 0.339 e. The van der Waals surface area contributed by atoms with E-state index in [-0.39, 0.29) is 17.3 Å². The van der Waals surface area contributed by atoms with Crippen molar-refractivity contribution < 1.29 is 19.8 Å². The van der Waals surface area contributed by atoms with E-state index in [0.717, 1.165) is 0 Å². The number of phenols is 1. The largest absolute Gasteiger partial charge is 0.507 e. The summed E-state index contributed by atoms with van der Waals surface area (Å²) in [5.74, 6) is -1.23. The van der Waals surface area contributed by atoms with Crippen molar-refractivity contribution in [3.05, 3.63) is 23.8 Å². The van der Waals surface area contributed by atoms with Crippen molar-refractivity contribution in [2.45, 2.75) is 20.8 Å². The Labute approximate surface area is 118 Å². The molecule has 6 heteroatoms. The van der Waals surface area contributed by atoms with Crippen molar-refractivity contribution in [3.8, 4) is 5.75 Å². The quantitative estimate of drug-likeness (QED) is 0.723. The predicted molar refractivity (Wildman–Crippen MR) is 76.2 cm³/mol. The van der Waals surface area contributed by atoms with E-state index in [1.165, 1.54) is 18.2 Å². The highest BCUT2D eigenvalue weighted by molar-refractivity contribution is 5.95. The van der Waals surface area contributed by atoms with Gasteiger partial charge in [0.1, 0.15) is 11.3 Å². The number of nitrogens with zero attached hydrogens (tertiary/aromatic N) is 1. The summed E-state index contributed by atoms with van der Waals surface area (Å²) in [6.45, 7) is 7.08. The van der Waals surface area contributed by atoms with E-state index in [0.29, 0.717) is 24.7 Å². The van der Waals surface area contributed by atoms with Gasteiger partial charge >= 0.3 is 12.0 Å². The number of aromatic hydroxyl groups is 1. The van der Waals surface area contributed by atoms with Crippen molar-refractivity contribution in [2.24, 2.45) is 5.92 Å². The lowest BCUT2D eigenvalue weighted by atomic mass is 10.2. The second-order valence-electron chi connectivity index (χ2n) is 4.90. The van der Waals surface area contributed by atoms with Crippen molar-refractivity contribution in [1.29, 1.82) is 0 Å². The van der Waals surface area contributed by atoms with Gasteiger partial charge in [0.15, 0.2) is 0 Å². The molecule has 0 aliphatic carbocycles. The number of carbonyl (C=O) groups is 2. The van der Waals surface area contributed by atoms with Gasteiger partial charge in [0.05, 0.1) is 0 Å². The topological polar surface area (TPSA) is 89.9 Å². The fourth-order valence-corrected chi connectivity index (χ4v) is 1.78. The van der Waals surface area contributed by atoms with E-state index in [4.69, 9.17) is 5.11 Å². The number of amides is 2. The lowest BCUT2D eigenvalue weighted by Crippen LogP contribution is -2.37. The average molecular weight is 280 g/mol. The molecule has 0 unspecified atom stereocenters. The van der Waals surface area contributed by atoms with Crippen LogP contribution in [0.3, 0.4) is 0 Å². The highest BCUT2D eigenvalue weighted by Crippen LogP contribution is 2.21. The van der Waals surface area contributed by atoms with Crippen LogP contribution in [0.25, 0.3) is 0 Å². The van der Waals surface area contributed by atoms with Gasteiger partial charge in [0.2, 0.25) is 0 Å². The number of aromatic carboxylic acids is 1. The summed E-state index contributed by atoms with van der Waals surface area (Å²) in [7, 11) is 0. The molecule has 0 radical (unpaired) electrons. The summed E-state index contributed by atoms with van der Waals surface area (Å²) in [5.41, 5.74) is 0.0992. The number of urea groups is 1. The summed E-state index contributed by atoms with van der Waals surface area (Å²) in [6, 6.07) is 3.66. The molecule has 2 amide bonds. The Hall–Kier alpha value is -2.24. The molecule has 0 saturated heterocycles. The summed E-state index contributed by atoms with van der Waals surface area (Å²) in [4.78, 5) is 24.6. The van der Waals surface area contributed by atoms with Gasteiger partial charge in [-0.25, -0.2) is 9.59 Å². The molecule has 0 atom stereocenters. The molecule has 0 aromatic heterocycles. The van der Waals surface area contributed by atoms with Crippen LogP contribution in [0.5, 0.6) is 5.75 Å². The minimum atomic E-state index is -1.24. The second-order valence-corrected chi connectivity index (χ2v) is 4.90. The van der Waals surface area contributed by atoms with Gasteiger partial charge < -0.3 is 20.4 Å². The van der Waals surface area contributed by atoms with Gasteiger partial charge in [-0.05, 0) is 31.0 Å². The first-order valence-corrected chi connectivity index (χ1v) is 6.47. The second kappa shape index (κ2) is 6.79. The van der Waals surface area contributed by atoms with Crippen LogP contribution in [-0.4, -0.2) is 40.2 Å². The number of carbonyl (C=O) groups excluding carboxylic acids is 1. The maximum absolute atomic E-state index is 12.1. The molecule has 0 aliphatic rings. The minimum Gasteiger partial charge on any atom is -0.507 e. The molecule has 3 N–H and O–H groups in total. The number of hydrogen-bond donors (Lipinski definition) is 3. The third-order valence-corrected chi connectivity index (χ3v) is 2.73. The van der Waals surface area contributed by atoms with E-state index in [1.54, 1.807) is 4.90 Å². The van der Waals surface area contributed by atoms with Gasteiger partial charge in [-0.15, -0.1) is 0 Å². The number of rotatable bonds is 5. The van der Waals surface area contributed by atoms with Gasteiger partial charge in [-0.3, -0.25) is 0 Å². The summed E-state index contributed by atoms with van der Waals surface area (Å²) < 4.78 is 0. The normalized spacial score (nSPS) is 10.4. The van der Waals surface area contributed by atoms with Crippen LogP contribution in [0.15, 0.2) is 18.2 Å². The summed E-state index contributed by atoms with van der Waals surface area (Å²) in [6.07, 6.45) is 0. The van der Waals surface area contributed by atoms with Crippen molar-refractivity contribution in [1.82, 2.24) is 4.90 Å². The number of nitrogens with one attached hydrogen (secondary N) is 1. The first-order valence-electron chi connectivity index (χ1n) is 6.47. The van der Waals surface area contributed by atoms with E-state index < -0.39 is 5.97 Å². The maximum Gasteiger partial charge on any atom is 0.339 e. The molecule has 0 spiro atoms. The Morgan fingerprint density at radius 3 is 2.50 bits per heavy atom. The standard InChI is InChI=1S/C14H20N2O4/c1-4-16(8-9(2)3)14(20)15-10-5-6-12(17)11(7-10)13(18)19/h5-7,9,17H,4,8H2,1-3H3,(H,15,20)(H,18,19). The van der Waals surface area contributed by atoms with Crippen molar-refractivity contribution in [2.75, 3.05) is 18.4 Å². The molecule has 0 saturated carbocycles. The number of hydrogen-bond acceptors (Lipinski definition) is 3. The lowest BCUT2D eigenvalue weighted by molar-refractivity contribution is 0.0693. The van der Waals surface area contributed by atoms with Crippen LogP contribution >= 0.6 is 0 Å². The Balaban J connectivity index is 2.84. The maximum atomic E-state index is 12.1. The Morgan fingerprint density at radius 1 is 1.35 bits per heavy atom. The van der Waals surface area contributed by atoms with Crippen LogP contribution in [0, 0.1) is 5.92 Å². The van der Waals surface area contributed by atoms with E-state index in [2.05, 4.69) is 5.32 Å². The molecule has 0 fully saturated rings. The van der Waals surface area contributed by atoms with Gasteiger partial charge in [-0.1, -0.05) is 13.8 Å². The highest BCUT2D eigenvalue weighted by atomic mass is 16.4. The fraction of sp³-hybridized carbons (Fsp3) is 0.429. The number of carboxylic acid groups (broad SMARTS) is 1. The zero-order valence-electron chi connectivity index (χ0n) is 11.9. The van der Waals surface area contributed by atoms with Gasteiger partial charge in [0, 0.05) is 18.8 Å². The van der Waals surface area contributed by atoms with Crippen LogP contribution < -0.4 is 5.32 Å². The monoisotopic (exact) mass is 280 g/mol. The Bertz CT molecular complexity index is 500. The molecular weight excluding hydrogens is 260 g/mol. The third kappa shape index (κ3) is 4.15. The number of carboxylic acids is 1. The van der Waals surface area contributed by atoms with Crippen molar-refractivity contribution >= 4 is 17.7 Å². The molecule has 1 aromatic rings. The number of benzene rings is 1. The van der Waals surface area contributed by atoms with Crippen LogP contribution in [-0.2, 0) is 0 Å². The minimum absolute atomic E-state index is 0.241. The van der Waals surface area contributed by atoms with E-state index in [9.17, 15) is 14.7 Å². The third-order valence-electron chi connectivity index (χ3n) is 2.73. The van der Waals surface area contributed by atoms with Crippen molar-refractivity contribution in [3.63, 3.8) is 0 Å². The zero-order chi connectivity index (χ0) is 15.3. The van der Waals surface area contributed by atoms with E-state index in [1.807, 2.05) is 20.8 Å². The lowest BCUT2D eigenvalue weighted by Gasteiger charge is -2.23. The molecule has 110 valence electrons.